The molecule has 0 aliphatic carbocycles. The molecule has 1 aromatic heterocycles. The van der Waals surface area contributed by atoms with E-state index >= 15 is 0 Å². The Labute approximate surface area is 488 Å². The van der Waals surface area contributed by atoms with Gasteiger partial charge in [-0.1, -0.05) is 145 Å². The van der Waals surface area contributed by atoms with Gasteiger partial charge in [0.15, 0.2) is 11.5 Å². The van der Waals surface area contributed by atoms with Crippen molar-refractivity contribution in [1.82, 2.24) is 4.98 Å². The summed E-state index contributed by atoms with van der Waals surface area (Å²) in [5.41, 5.74) is 9.22. The van der Waals surface area contributed by atoms with Gasteiger partial charge in [0.2, 0.25) is 11.4 Å². The topological polar surface area (TPSA) is 257 Å². The zero-order valence-corrected chi connectivity index (χ0v) is 46.6. The van der Waals surface area contributed by atoms with Gasteiger partial charge in [-0.25, -0.2) is 9.78 Å². The van der Waals surface area contributed by atoms with E-state index in [0.29, 0.717) is 61.0 Å². The molecule has 15 nitrogen and oxygen atoms in total. The number of carboxylic acid groups (broad SMARTS) is 1. The molecule has 8 N–H and O–H groups in total. The first-order valence-electron chi connectivity index (χ1n) is 24.6. The van der Waals surface area contributed by atoms with Gasteiger partial charge in [-0.15, -0.1) is 0 Å². The Morgan fingerprint density at radius 2 is 1.07 bits per heavy atom. The van der Waals surface area contributed by atoms with Crippen LogP contribution in [0.15, 0.2) is 194 Å². The highest BCUT2D eigenvalue weighted by Crippen LogP contribution is 2.34. The number of nitrogens with one attached hydrogen (secondary N) is 2. The van der Waals surface area contributed by atoms with Crippen LogP contribution in [0.4, 0.5) is 11.4 Å². The number of carbonyl (C=O) groups excluding carboxylic acids is 4. The van der Waals surface area contributed by atoms with Gasteiger partial charge in [-0.3, -0.25) is 19.2 Å². The third-order valence-corrected chi connectivity index (χ3v) is 13.2. The van der Waals surface area contributed by atoms with Gasteiger partial charge in [0.1, 0.15) is 23.3 Å². The smallest absolute Gasteiger partial charge is 0.488 e. The number of carbonyl (C=O) groups is 5. The van der Waals surface area contributed by atoms with Crippen LogP contribution in [-0.4, -0.2) is 90.3 Å². The number of pyridine rings is 1. The monoisotopic (exact) mass is 1240 g/mol. The average molecular weight is 1240 g/mol. The molecule has 11 rings (SSSR count). The first-order valence-corrected chi connectivity index (χ1v) is 26.4. The van der Waals surface area contributed by atoms with Crippen LogP contribution in [0.25, 0.3) is 33.2 Å². The number of aromatic carboxylic acids is 1. The van der Waals surface area contributed by atoms with Crippen LogP contribution in [0.2, 0.25) is 10.0 Å². The number of aromatic nitrogens is 1. The Balaban J connectivity index is 0.000000155. The molecule has 0 spiro atoms. The Morgan fingerprint density at radius 1 is 0.593 bits per heavy atom. The van der Waals surface area contributed by atoms with E-state index in [1.54, 1.807) is 97.1 Å². The zero-order chi connectivity index (χ0) is 58.2. The van der Waals surface area contributed by atoms with Gasteiger partial charge in [0.05, 0.1) is 11.2 Å². The van der Waals surface area contributed by atoms with Crippen LogP contribution in [0.5, 0.6) is 5.75 Å². The summed E-state index contributed by atoms with van der Waals surface area (Å²) in [6, 6.07) is 58.6. The average Bonchev–Trinajstić information content (AvgIpc) is 4.01. The van der Waals surface area contributed by atoms with Crippen LogP contribution in [0.3, 0.4) is 0 Å². The third-order valence-electron chi connectivity index (χ3n) is 12.0. The third kappa shape index (κ3) is 16.6. The van der Waals surface area contributed by atoms with Crippen LogP contribution in [0, 0.1) is 3.57 Å². The molecule has 0 saturated carbocycles. The van der Waals surface area contributed by atoms with E-state index in [2.05, 4.69) is 42.3 Å². The van der Waals surface area contributed by atoms with Crippen LogP contribution in [-0.2, 0) is 27.2 Å². The number of fused-ring (bicyclic) bond motifs is 3. The lowest BCUT2D eigenvalue weighted by molar-refractivity contribution is -0.360. The minimum atomic E-state index is -1.34. The van der Waals surface area contributed by atoms with Crippen molar-refractivity contribution < 1.29 is 69.2 Å². The molecule has 81 heavy (non-hydrogen) atoms. The van der Waals surface area contributed by atoms with Gasteiger partial charge in [-0.2, -0.15) is 9.98 Å². The SMILES string of the molecule is CC(=O)OCC(=O)Cc1ccc(Cl)cc1.O=C(O)c1c(O)c(Cc2ccc(Cl)cc2)nc2ccc(-c3ccccc3)cc12.O=C1C(O)=[NH+]c2ccc(-c3ccccc3)cc21.O=C1C(O)=[NH+]c2ccc(I)cc21.OB(O)c1ccccc1. The van der Waals surface area contributed by atoms with E-state index in [4.69, 9.17) is 38.4 Å². The van der Waals surface area contributed by atoms with Gasteiger partial charge in [0, 0.05) is 50.9 Å². The molecule has 3 heterocycles. The summed E-state index contributed by atoms with van der Waals surface area (Å²) in [4.78, 5) is 66.3. The van der Waals surface area contributed by atoms with Crippen molar-refractivity contribution in [3.05, 3.63) is 241 Å². The number of Topliss-reactive ketones (excluding diaryl/α,β-unsaturated/α-hetero) is 3. The second-order valence-corrected chi connectivity index (χ2v) is 19.9. The van der Waals surface area contributed by atoms with Crippen molar-refractivity contribution in [2.24, 2.45) is 0 Å². The van der Waals surface area contributed by atoms with E-state index in [9.17, 15) is 39.3 Å². The number of esters is 1. The van der Waals surface area contributed by atoms with Crippen LogP contribution >= 0.6 is 45.8 Å². The molecule has 0 saturated heterocycles. The number of halogens is 3. The van der Waals surface area contributed by atoms with E-state index in [1.165, 1.54) is 6.92 Å². The highest BCUT2D eigenvalue weighted by atomic mass is 127. The maximum absolute atomic E-state index is 11.9. The number of benzene rings is 8. The lowest BCUT2D eigenvalue weighted by atomic mass is 9.81. The normalized spacial score (nSPS) is 11.5. The van der Waals surface area contributed by atoms with Gasteiger partial charge >= 0.3 is 42.4 Å². The zero-order valence-electron chi connectivity index (χ0n) is 42.9. The molecule has 0 fully saturated rings. The van der Waals surface area contributed by atoms with Crippen molar-refractivity contribution in [2.45, 2.75) is 19.8 Å². The molecule has 0 atom stereocenters. The molecule has 406 valence electrons. The van der Waals surface area contributed by atoms with E-state index in [-0.39, 0.29) is 53.5 Å². The Morgan fingerprint density at radius 3 is 1.58 bits per heavy atom. The van der Waals surface area contributed by atoms with Gasteiger partial charge < -0.3 is 35.2 Å². The summed E-state index contributed by atoms with van der Waals surface area (Å²) in [7, 11) is -1.34. The molecular formula is C62H49BCl2IN3O12+2. The molecule has 0 radical (unpaired) electrons. The van der Waals surface area contributed by atoms with Crippen molar-refractivity contribution >= 4 is 122 Å². The number of hydrogen-bond donors (Lipinski definition) is 8. The fraction of sp³-hybridized carbons (Fsp3) is 0.0645. The Bertz CT molecular complexity index is 3810. The highest BCUT2D eigenvalue weighted by molar-refractivity contribution is 14.1. The van der Waals surface area contributed by atoms with Crippen molar-refractivity contribution in [3.63, 3.8) is 0 Å². The van der Waals surface area contributed by atoms with Gasteiger partial charge in [0.25, 0.3) is 0 Å². The predicted molar refractivity (Wildman–Crippen MR) is 319 cm³/mol. The Hall–Kier alpha value is -8.85. The molecule has 0 unspecified atom stereocenters. The molecule has 19 heteroatoms. The quantitative estimate of drug-likeness (QED) is 0.0365. The fourth-order valence-electron chi connectivity index (χ4n) is 8.03. The van der Waals surface area contributed by atoms with Crippen LogP contribution in [0.1, 0.15) is 54.8 Å². The predicted octanol–water partition coefficient (Wildman–Crippen LogP) is 8.31. The minimum Gasteiger partial charge on any atom is -0.505 e. The van der Waals surface area contributed by atoms with Crippen molar-refractivity contribution in [2.75, 3.05) is 6.61 Å². The van der Waals surface area contributed by atoms with Crippen molar-refractivity contribution in [1.29, 1.82) is 0 Å². The highest BCUT2D eigenvalue weighted by Gasteiger charge is 2.32. The summed E-state index contributed by atoms with van der Waals surface area (Å²) in [5, 5.41) is 57.6. The van der Waals surface area contributed by atoms with E-state index < -0.39 is 19.1 Å². The number of carboxylic acids is 1. The summed E-state index contributed by atoms with van der Waals surface area (Å²) >= 11 is 13.7. The largest absolute Gasteiger partial charge is 0.505 e. The number of aliphatic hydroxyl groups is 2. The standard InChI is InChI=1S/C23H16ClNO3.C14H9NO2.C11H11ClO3.C8H4INO2.C6H7BO2/c24-17-9-6-14(7-10-17)12-20-22(26)21(23(27)28)18-13-16(8-11-19(18)25-20)15-4-2-1-3-5-15;16-13-11-8-10(9-4-2-1-3-5-9)6-7-12(11)15-14(13)17;1-8(13)15-7-11(14)6-9-2-4-10(12)5-3-9;9-4-1-2-6-5(3-4)7(11)8(12)10-6;8-7(9)6-4-2-1-3-5-6/h1-11,13,26H,12H2,(H,27,28);1-8H,(H,15,16,17);2-5H,6-7H2,1H3;1-3H,(H,10,11,12);1-5,8-9H/p+2. The van der Waals surface area contributed by atoms with Gasteiger partial charge in [-0.05, 0) is 122 Å². The summed E-state index contributed by atoms with van der Waals surface area (Å²) < 4.78 is 5.57. The number of ketones is 3. The number of rotatable bonds is 10. The maximum Gasteiger partial charge on any atom is 0.488 e. The molecule has 8 aromatic carbocycles. The number of hydrogen-bond acceptors (Lipinski definition) is 10. The van der Waals surface area contributed by atoms with Crippen LogP contribution < -0.4 is 15.4 Å². The molecular weight excluding hydrogens is 1190 g/mol. The lowest BCUT2D eigenvalue weighted by Crippen LogP contribution is -2.64. The second-order valence-electron chi connectivity index (χ2n) is 17.8. The lowest BCUT2D eigenvalue weighted by Gasteiger charge is -2.12. The molecule has 2 aliphatic heterocycles. The number of aliphatic hydroxyl groups excluding tert-OH is 2. The first kappa shape index (κ1) is 59.8. The fourth-order valence-corrected chi connectivity index (χ4v) is 8.77. The number of aromatic hydroxyl groups is 1. The summed E-state index contributed by atoms with van der Waals surface area (Å²) in [6.07, 6.45) is 0.560. The molecule has 0 amide bonds. The number of ether oxygens (including phenoxy) is 1. The first-order chi connectivity index (χ1) is 38.8. The summed E-state index contributed by atoms with van der Waals surface area (Å²) in [6.45, 7) is 1.10. The molecule has 0 bridgehead atoms. The molecule has 9 aromatic rings. The summed E-state index contributed by atoms with van der Waals surface area (Å²) in [5.74, 6) is -3.34. The van der Waals surface area contributed by atoms with E-state index in [0.717, 1.165) is 37.0 Å². The maximum atomic E-state index is 11.9. The van der Waals surface area contributed by atoms with E-state index in [1.807, 2.05) is 97.1 Å². The minimum absolute atomic E-state index is 0.132. The second kappa shape index (κ2) is 28.3. The van der Waals surface area contributed by atoms with Crippen molar-refractivity contribution in [3.8, 4) is 28.0 Å². The molecule has 2 aliphatic rings. The Kier molecular flexibility index (Phi) is 20.9. The number of nitrogens with zero attached hydrogens (tertiary/aromatic N) is 1.